The van der Waals surface area contributed by atoms with Crippen molar-refractivity contribution in [2.45, 2.75) is 56.1 Å². The number of hydrogen-bond acceptors (Lipinski definition) is 7. The second-order valence-electron chi connectivity index (χ2n) is 8.18. The maximum atomic E-state index is 13.1. The number of amides is 1. The first-order valence-corrected chi connectivity index (χ1v) is 12.7. The molecule has 0 aromatic heterocycles. The number of carbonyl (C=O) groups is 2. The van der Waals surface area contributed by atoms with E-state index in [0.29, 0.717) is 18.8 Å². The third-order valence-corrected chi connectivity index (χ3v) is 7.72. The van der Waals surface area contributed by atoms with Crippen LogP contribution in [0, 0.1) is 0 Å². The molecule has 10 heteroatoms. The monoisotopic (exact) mass is 480 g/mol. The maximum absolute atomic E-state index is 13.1. The molecule has 1 N–H and O–H groups in total. The van der Waals surface area contributed by atoms with E-state index in [2.05, 4.69) is 5.32 Å². The summed E-state index contributed by atoms with van der Waals surface area (Å²) in [5.41, 5.74) is 0.485. The number of ether oxygens (including phenoxy) is 3. The predicted octanol–water partition coefficient (Wildman–Crippen LogP) is 2.11. The molecule has 1 saturated carbocycles. The van der Waals surface area contributed by atoms with E-state index in [-0.39, 0.29) is 35.7 Å². The van der Waals surface area contributed by atoms with Gasteiger partial charge in [0, 0.05) is 25.2 Å². The standard InChI is InChI=1S/C23H32N2O7S/c1-17(23(27)24-19-6-4-3-5-7-19)32-22(26)11-9-18-8-10-20(30-2)21(16-18)33(28,29)25-12-14-31-15-13-25/h8-11,16-17,19H,3-7,12-15H2,1-2H3,(H,24,27)/b11-9+. The highest BCUT2D eigenvalue weighted by atomic mass is 32.2. The fourth-order valence-corrected chi connectivity index (χ4v) is 5.52. The number of nitrogens with zero attached hydrogens (tertiary/aromatic N) is 1. The molecule has 2 fully saturated rings. The minimum atomic E-state index is -3.78. The average Bonchev–Trinajstić information content (AvgIpc) is 2.83. The summed E-state index contributed by atoms with van der Waals surface area (Å²) in [5, 5.41) is 2.93. The molecule has 1 saturated heterocycles. The van der Waals surface area contributed by atoms with E-state index in [1.165, 1.54) is 43.0 Å². The van der Waals surface area contributed by atoms with Gasteiger partial charge in [-0.25, -0.2) is 13.2 Å². The van der Waals surface area contributed by atoms with Crippen molar-refractivity contribution in [1.82, 2.24) is 9.62 Å². The van der Waals surface area contributed by atoms with Crippen LogP contribution in [0.4, 0.5) is 0 Å². The van der Waals surface area contributed by atoms with E-state index < -0.39 is 22.1 Å². The average molecular weight is 481 g/mol. The van der Waals surface area contributed by atoms with Crippen molar-refractivity contribution in [2.75, 3.05) is 33.4 Å². The smallest absolute Gasteiger partial charge is 0.331 e. The van der Waals surface area contributed by atoms with Gasteiger partial charge in [0.25, 0.3) is 5.91 Å². The Balaban J connectivity index is 1.64. The Kier molecular flexibility index (Phi) is 8.87. The van der Waals surface area contributed by atoms with Gasteiger partial charge in [-0.1, -0.05) is 25.3 Å². The largest absolute Gasteiger partial charge is 0.495 e. The summed E-state index contributed by atoms with van der Waals surface area (Å²) < 4.78 is 43.2. The van der Waals surface area contributed by atoms with Gasteiger partial charge in [-0.3, -0.25) is 4.79 Å². The summed E-state index contributed by atoms with van der Waals surface area (Å²) in [6.07, 6.45) is 6.96. The third-order valence-electron chi connectivity index (χ3n) is 5.80. The Morgan fingerprint density at radius 1 is 1.18 bits per heavy atom. The fraction of sp³-hybridized carbons (Fsp3) is 0.565. The lowest BCUT2D eigenvalue weighted by Crippen LogP contribution is -2.42. The fourth-order valence-electron chi connectivity index (χ4n) is 3.92. The molecule has 1 aliphatic carbocycles. The molecule has 2 aliphatic rings. The van der Waals surface area contributed by atoms with Crippen molar-refractivity contribution < 1.29 is 32.2 Å². The zero-order valence-electron chi connectivity index (χ0n) is 19.1. The van der Waals surface area contributed by atoms with Crippen molar-refractivity contribution in [3.05, 3.63) is 29.8 Å². The minimum Gasteiger partial charge on any atom is -0.495 e. The number of methoxy groups -OCH3 is 1. The number of carbonyl (C=O) groups excluding carboxylic acids is 2. The van der Waals surface area contributed by atoms with Gasteiger partial charge in [0.1, 0.15) is 10.6 Å². The van der Waals surface area contributed by atoms with Crippen LogP contribution in [-0.2, 0) is 29.1 Å². The Morgan fingerprint density at radius 3 is 2.55 bits per heavy atom. The predicted molar refractivity (Wildman–Crippen MR) is 122 cm³/mol. The lowest BCUT2D eigenvalue weighted by atomic mass is 9.95. The zero-order chi connectivity index (χ0) is 23.8. The topological polar surface area (TPSA) is 111 Å². The van der Waals surface area contributed by atoms with Gasteiger partial charge >= 0.3 is 5.97 Å². The lowest BCUT2D eigenvalue weighted by molar-refractivity contribution is -0.150. The number of morpholine rings is 1. The highest BCUT2D eigenvalue weighted by Crippen LogP contribution is 2.29. The summed E-state index contributed by atoms with van der Waals surface area (Å²) in [5.74, 6) is -0.782. The molecule has 3 rings (SSSR count). The van der Waals surface area contributed by atoms with Crippen LogP contribution >= 0.6 is 0 Å². The summed E-state index contributed by atoms with van der Waals surface area (Å²) >= 11 is 0. The number of nitrogens with one attached hydrogen (secondary N) is 1. The molecule has 1 aliphatic heterocycles. The van der Waals surface area contributed by atoms with Crippen LogP contribution < -0.4 is 10.1 Å². The van der Waals surface area contributed by atoms with Crippen molar-refractivity contribution in [3.63, 3.8) is 0 Å². The Labute approximate surface area is 195 Å². The van der Waals surface area contributed by atoms with E-state index in [1.807, 2.05) is 0 Å². The van der Waals surface area contributed by atoms with E-state index >= 15 is 0 Å². The van der Waals surface area contributed by atoms with Crippen LogP contribution in [0.5, 0.6) is 5.75 Å². The second-order valence-corrected chi connectivity index (χ2v) is 10.1. The molecule has 33 heavy (non-hydrogen) atoms. The lowest BCUT2D eigenvalue weighted by Gasteiger charge is -2.26. The van der Waals surface area contributed by atoms with Crippen LogP contribution in [0.1, 0.15) is 44.6 Å². The van der Waals surface area contributed by atoms with E-state index in [0.717, 1.165) is 25.7 Å². The van der Waals surface area contributed by atoms with Crippen LogP contribution in [0.25, 0.3) is 6.08 Å². The number of benzene rings is 1. The summed E-state index contributed by atoms with van der Waals surface area (Å²) in [7, 11) is -2.38. The van der Waals surface area contributed by atoms with E-state index in [9.17, 15) is 18.0 Å². The molecule has 1 heterocycles. The summed E-state index contributed by atoms with van der Waals surface area (Å²) in [6, 6.07) is 4.76. The summed E-state index contributed by atoms with van der Waals surface area (Å²) in [4.78, 5) is 24.5. The number of esters is 1. The molecule has 182 valence electrons. The van der Waals surface area contributed by atoms with Crippen LogP contribution in [0.15, 0.2) is 29.2 Å². The van der Waals surface area contributed by atoms with Gasteiger partial charge in [0.05, 0.1) is 20.3 Å². The van der Waals surface area contributed by atoms with Crippen LogP contribution in [0.3, 0.4) is 0 Å². The van der Waals surface area contributed by atoms with Gasteiger partial charge < -0.3 is 19.5 Å². The van der Waals surface area contributed by atoms with Crippen molar-refractivity contribution in [1.29, 1.82) is 0 Å². The van der Waals surface area contributed by atoms with Gasteiger partial charge in [-0.05, 0) is 43.5 Å². The van der Waals surface area contributed by atoms with E-state index in [1.54, 1.807) is 12.1 Å². The quantitative estimate of drug-likeness (QED) is 0.448. The first-order valence-electron chi connectivity index (χ1n) is 11.3. The van der Waals surface area contributed by atoms with Gasteiger partial charge in [-0.15, -0.1) is 0 Å². The van der Waals surface area contributed by atoms with Crippen LogP contribution in [0.2, 0.25) is 0 Å². The SMILES string of the molecule is COc1ccc(/C=C/C(=O)OC(C)C(=O)NC2CCCCC2)cc1S(=O)(=O)N1CCOCC1. The maximum Gasteiger partial charge on any atom is 0.331 e. The highest BCUT2D eigenvalue weighted by Gasteiger charge is 2.29. The molecular formula is C23H32N2O7S. The molecule has 1 atom stereocenters. The minimum absolute atomic E-state index is 0.0163. The van der Waals surface area contributed by atoms with Gasteiger partial charge in [-0.2, -0.15) is 4.31 Å². The molecule has 9 nitrogen and oxygen atoms in total. The van der Waals surface area contributed by atoms with E-state index in [4.69, 9.17) is 14.2 Å². The van der Waals surface area contributed by atoms with Crippen molar-refractivity contribution >= 4 is 28.0 Å². The number of rotatable bonds is 8. The number of sulfonamides is 1. The first kappa shape index (κ1) is 25.2. The van der Waals surface area contributed by atoms with Gasteiger partial charge in [0.15, 0.2) is 6.10 Å². The van der Waals surface area contributed by atoms with Gasteiger partial charge in [0.2, 0.25) is 10.0 Å². The molecule has 0 radical (unpaired) electrons. The molecule has 1 amide bonds. The van der Waals surface area contributed by atoms with Crippen LogP contribution in [-0.4, -0.2) is 70.2 Å². The first-order chi connectivity index (χ1) is 15.8. The van der Waals surface area contributed by atoms with Crippen molar-refractivity contribution in [3.8, 4) is 5.75 Å². The number of hydrogen-bond donors (Lipinski definition) is 1. The highest BCUT2D eigenvalue weighted by molar-refractivity contribution is 7.89. The van der Waals surface area contributed by atoms with Crippen molar-refractivity contribution in [2.24, 2.45) is 0 Å². The third kappa shape index (κ3) is 6.78. The Bertz CT molecular complexity index is 965. The molecule has 0 spiro atoms. The summed E-state index contributed by atoms with van der Waals surface area (Å²) in [6.45, 7) is 2.72. The normalized spacial score (nSPS) is 19.2. The molecule has 1 aromatic carbocycles. The molecule has 1 aromatic rings. The Morgan fingerprint density at radius 2 is 1.88 bits per heavy atom. The second kappa shape index (κ2) is 11.6. The molecule has 0 bridgehead atoms. The Hall–Kier alpha value is -2.43. The molecule has 1 unspecified atom stereocenters. The zero-order valence-corrected chi connectivity index (χ0v) is 19.9. The molecular weight excluding hydrogens is 448 g/mol.